The Balaban J connectivity index is 1.47. The van der Waals surface area contributed by atoms with Crippen LogP contribution in [0.3, 0.4) is 0 Å². The van der Waals surface area contributed by atoms with Crippen molar-refractivity contribution < 1.29 is 14.3 Å². The molecule has 3 N–H and O–H groups in total. The largest absolute Gasteiger partial charge is 0.485 e. The first-order chi connectivity index (χ1) is 15.9. The normalized spacial score (nSPS) is 11.0. The Morgan fingerprint density at radius 2 is 2.00 bits per heavy atom. The second kappa shape index (κ2) is 9.33. The molecule has 2 aromatic heterocycles. The number of carbonyl (C=O) groups is 1. The van der Waals surface area contributed by atoms with Gasteiger partial charge in [-0.3, -0.25) is 4.79 Å². The van der Waals surface area contributed by atoms with E-state index in [2.05, 4.69) is 20.2 Å². The molecule has 0 fully saturated rings. The highest BCUT2D eigenvalue weighted by atomic mass is 32.2. The first-order valence-electron chi connectivity index (χ1n) is 9.99. The van der Waals surface area contributed by atoms with Crippen molar-refractivity contribution in [3.05, 3.63) is 75.1 Å². The minimum Gasteiger partial charge on any atom is -0.485 e. The Morgan fingerprint density at radius 3 is 2.76 bits per heavy atom. The lowest BCUT2D eigenvalue weighted by molar-refractivity contribution is 0.0601. The van der Waals surface area contributed by atoms with Crippen molar-refractivity contribution in [1.82, 2.24) is 24.8 Å². The van der Waals surface area contributed by atoms with E-state index in [0.29, 0.717) is 39.0 Å². The third kappa shape index (κ3) is 4.82. The Morgan fingerprint density at radius 1 is 1.18 bits per heavy atom. The summed E-state index contributed by atoms with van der Waals surface area (Å²) in [4.78, 5) is 31.4. The number of H-pyrrole nitrogens is 1. The zero-order valence-corrected chi connectivity index (χ0v) is 19.1. The average molecular weight is 467 g/mol. The van der Waals surface area contributed by atoms with Crippen LogP contribution in [-0.4, -0.2) is 37.9 Å². The van der Waals surface area contributed by atoms with Crippen molar-refractivity contribution in [1.29, 1.82) is 0 Å². The Bertz CT molecular complexity index is 1400. The maximum absolute atomic E-state index is 12.4. The van der Waals surface area contributed by atoms with E-state index in [9.17, 15) is 9.59 Å². The molecule has 0 radical (unpaired) electrons. The van der Waals surface area contributed by atoms with Crippen molar-refractivity contribution in [2.75, 3.05) is 13.0 Å². The molecule has 2 heterocycles. The van der Waals surface area contributed by atoms with Gasteiger partial charge in [0.15, 0.2) is 5.82 Å². The number of thioether (sulfide) groups is 1. The van der Waals surface area contributed by atoms with Gasteiger partial charge in [0.1, 0.15) is 18.2 Å². The molecule has 0 unspecified atom stereocenters. The number of aromatic nitrogens is 5. The number of hydrogen-bond donors (Lipinski definition) is 2. The maximum Gasteiger partial charge on any atom is 0.337 e. The second-order valence-corrected chi connectivity index (χ2v) is 8.29. The predicted molar refractivity (Wildman–Crippen MR) is 124 cm³/mol. The number of aromatic amines is 1. The first-order valence-corrected chi connectivity index (χ1v) is 11.0. The highest BCUT2D eigenvalue weighted by Crippen LogP contribution is 2.22. The second-order valence-electron chi connectivity index (χ2n) is 7.35. The van der Waals surface area contributed by atoms with E-state index in [-0.39, 0.29) is 12.2 Å². The van der Waals surface area contributed by atoms with Crippen molar-refractivity contribution >= 4 is 28.6 Å². The smallest absolute Gasteiger partial charge is 0.337 e. The van der Waals surface area contributed by atoms with E-state index in [1.807, 2.05) is 32.0 Å². The fourth-order valence-electron chi connectivity index (χ4n) is 3.24. The summed E-state index contributed by atoms with van der Waals surface area (Å²) in [5.41, 5.74) is 2.59. The van der Waals surface area contributed by atoms with E-state index in [1.54, 1.807) is 6.07 Å². The van der Waals surface area contributed by atoms with Crippen LogP contribution in [0, 0.1) is 13.8 Å². The lowest BCUT2D eigenvalue weighted by Gasteiger charge is -2.09. The molecule has 4 aromatic rings. The third-order valence-corrected chi connectivity index (χ3v) is 5.89. The number of esters is 1. The molecule has 0 amide bonds. The summed E-state index contributed by atoms with van der Waals surface area (Å²) < 4.78 is 11.9. The Kier molecular flexibility index (Phi) is 6.31. The van der Waals surface area contributed by atoms with Crippen LogP contribution in [0.2, 0.25) is 0 Å². The molecule has 0 bridgehead atoms. The zero-order valence-electron chi connectivity index (χ0n) is 18.3. The summed E-state index contributed by atoms with van der Waals surface area (Å²) in [7, 11) is 1.30. The molecule has 0 saturated heterocycles. The van der Waals surface area contributed by atoms with Crippen LogP contribution in [0.15, 0.2) is 46.3 Å². The number of hydrogen-bond acceptors (Lipinski definition) is 9. The third-order valence-electron chi connectivity index (χ3n) is 4.94. The molecule has 0 aliphatic rings. The molecule has 2 aromatic carbocycles. The van der Waals surface area contributed by atoms with Crippen LogP contribution in [-0.2, 0) is 17.1 Å². The molecule has 0 spiro atoms. The van der Waals surface area contributed by atoms with E-state index in [0.717, 1.165) is 16.9 Å². The number of nitrogens with one attached hydrogen (secondary N) is 1. The average Bonchev–Trinajstić information content (AvgIpc) is 3.15. The lowest BCUT2D eigenvalue weighted by atomic mass is 10.1. The molecule has 11 heteroatoms. The first kappa shape index (κ1) is 22.3. The highest BCUT2D eigenvalue weighted by Gasteiger charge is 2.14. The number of rotatable bonds is 7. The van der Waals surface area contributed by atoms with Crippen LogP contribution in [0.5, 0.6) is 5.75 Å². The quantitative estimate of drug-likeness (QED) is 0.239. The van der Waals surface area contributed by atoms with Gasteiger partial charge in [-0.2, -0.15) is 0 Å². The van der Waals surface area contributed by atoms with Gasteiger partial charge in [-0.15, -0.1) is 10.2 Å². The molecule has 170 valence electrons. The molecule has 4 rings (SSSR count). The minimum atomic E-state index is -0.498. The van der Waals surface area contributed by atoms with Gasteiger partial charge < -0.3 is 20.3 Å². The zero-order chi connectivity index (χ0) is 23.5. The summed E-state index contributed by atoms with van der Waals surface area (Å²) >= 11 is 1.26. The van der Waals surface area contributed by atoms with Gasteiger partial charge in [0.05, 0.1) is 29.3 Å². The SMILES string of the molecule is COC(=O)c1ccc2c(=O)[nH]c(CSc3nnc(COc4ccc(C)cc4C)n3N)nc2c1. The molecule has 33 heavy (non-hydrogen) atoms. The molecule has 10 nitrogen and oxygen atoms in total. The minimum absolute atomic E-state index is 0.162. The van der Waals surface area contributed by atoms with E-state index < -0.39 is 5.97 Å². The van der Waals surface area contributed by atoms with Crippen LogP contribution in [0.25, 0.3) is 10.9 Å². The van der Waals surface area contributed by atoms with Crippen molar-refractivity contribution in [2.24, 2.45) is 0 Å². The topological polar surface area (TPSA) is 138 Å². The fourth-order valence-corrected chi connectivity index (χ4v) is 3.99. The standard InChI is InChI=1S/C22H22N6O4S/c1-12-4-7-17(13(2)8-12)32-10-19-26-27-22(28(19)23)33-11-18-24-16-9-14(21(30)31-3)5-6-15(16)20(29)25-18/h4-9H,10-11,23H2,1-3H3,(H,24,25,29). The maximum atomic E-state index is 12.4. The highest BCUT2D eigenvalue weighted by molar-refractivity contribution is 7.98. The van der Waals surface area contributed by atoms with Crippen LogP contribution in [0.1, 0.15) is 33.1 Å². The number of nitrogens with zero attached hydrogens (tertiary/aromatic N) is 4. The van der Waals surface area contributed by atoms with E-state index in [4.69, 9.17) is 15.3 Å². The van der Waals surface area contributed by atoms with E-state index in [1.165, 1.54) is 35.7 Å². The van der Waals surface area contributed by atoms with Gasteiger partial charge in [0.25, 0.3) is 5.56 Å². The number of benzene rings is 2. The van der Waals surface area contributed by atoms with Crippen molar-refractivity contribution in [2.45, 2.75) is 31.4 Å². The molecule has 0 aliphatic carbocycles. The summed E-state index contributed by atoms with van der Waals surface area (Å²) in [5.74, 6) is 7.55. The molecular weight excluding hydrogens is 444 g/mol. The van der Waals surface area contributed by atoms with E-state index >= 15 is 0 Å². The van der Waals surface area contributed by atoms with Gasteiger partial charge in [-0.25, -0.2) is 14.5 Å². The number of ether oxygens (including phenoxy) is 2. The van der Waals surface area contributed by atoms with Crippen LogP contribution < -0.4 is 16.1 Å². The molecule has 0 saturated carbocycles. The van der Waals surface area contributed by atoms with Gasteiger partial charge in [-0.05, 0) is 43.7 Å². The monoisotopic (exact) mass is 466 g/mol. The number of nitrogens with two attached hydrogens (primary N) is 1. The van der Waals surface area contributed by atoms with Gasteiger partial charge in [-0.1, -0.05) is 29.5 Å². The lowest BCUT2D eigenvalue weighted by Crippen LogP contribution is -2.16. The number of carbonyl (C=O) groups excluding carboxylic acids is 1. The van der Waals surface area contributed by atoms with Gasteiger partial charge in [0, 0.05) is 0 Å². The fraction of sp³-hybridized carbons (Fsp3) is 0.227. The summed E-state index contributed by atoms with van der Waals surface area (Å²) in [6.45, 7) is 4.16. The number of aryl methyl sites for hydroxylation is 2. The number of fused-ring (bicyclic) bond motifs is 1. The summed E-state index contributed by atoms with van der Waals surface area (Å²) in [6, 6.07) is 10.5. The molecule has 0 atom stereocenters. The van der Waals surface area contributed by atoms with Crippen LogP contribution >= 0.6 is 11.8 Å². The summed E-state index contributed by atoms with van der Waals surface area (Å²) in [5, 5.41) is 9.02. The van der Waals surface area contributed by atoms with Gasteiger partial charge >= 0.3 is 5.97 Å². The van der Waals surface area contributed by atoms with Crippen molar-refractivity contribution in [3.63, 3.8) is 0 Å². The predicted octanol–water partition coefficient (Wildman–Crippen LogP) is 2.50. The molecule has 0 aliphatic heterocycles. The number of methoxy groups -OCH3 is 1. The van der Waals surface area contributed by atoms with Crippen LogP contribution in [0.4, 0.5) is 0 Å². The summed E-state index contributed by atoms with van der Waals surface area (Å²) in [6.07, 6.45) is 0. The Hall–Kier alpha value is -3.86. The molecular formula is C22H22N6O4S. The van der Waals surface area contributed by atoms with Gasteiger partial charge in [0.2, 0.25) is 5.16 Å². The Labute approximate surface area is 193 Å². The van der Waals surface area contributed by atoms with Crippen molar-refractivity contribution in [3.8, 4) is 5.75 Å². The number of nitrogen functional groups attached to an aromatic ring is 1.